The highest BCUT2D eigenvalue weighted by molar-refractivity contribution is 5.48. The molecule has 0 spiro atoms. The molecule has 0 amide bonds. The summed E-state index contributed by atoms with van der Waals surface area (Å²) in [6, 6.07) is 0. The van der Waals surface area contributed by atoms with Crippen LogP contribution < -0.4 is 0 Å². The average molecular weight is 202 g/mol. The van der Waals surface area contributed by atoms with Gasteiger partial charge in [0.2, 0.25) is 0 Å². The van der Waals surface area contributed by atoms with Crippen molar-refractivity contribution < 1.29 is 19.0 Å². The SMILES string of the molecule is CC1(C)OC[C@H](COCCCC=O)O1. The van der Waals surface area contributed by atoms with E-state index in [0.717, 1.165) is 12.7 Å². The Morgan fingerprint density at radius 2 is 2.36 bits per heavy atom. The maximum Gasteiger partial charge on any atom is 0.163 e. The van der Waals surface area contributed by atoms with Gasteiger partial charge in [-0.1, -0.05) is 0 Å². The van der Waals surface area contributed by atoms with Crippen molar-refractivity contribution in [3.8, 4) is 0 Å². The van der Waals surface area contributed by atoms with Crippen LogP contribution in [0.1, 0.15) is 26.7 Å². The van der Waals surface area contributed by atoms with E-state index >= 15 is 0 Å². The predicted octanol–water partition coefficient (Wildman–Crippen LogP) is 1.13. The van der Waals surface area contributed by atoms with Gasteiger partial charge in [-0.25, -0.2) is 0 Å². The largest absolute Gasteiger partial charge is 0.379 e. The van der Waals surface area contributed by atoms with Gasteiger partial charge in [0.05, 0.1) is 13.2 Å². The number of hydrogen-bond donors (Lipinski definition) is 0. The van der Waals surface area contributed by atoms with Crippen LogP contribution in [0.2, 0.25) is 0 Å². The summed E-state index contributed by atoms with van der Waals surface area (Å²) in [5.41, 5.74) is 0. The lowest BCUT2D eigenvalue weighted by Gasteiger charge is -2.16. The Bertz CT molecular complexity index is 179. The normalized spacial score (nSPS) is 25.1. The van der Waals surface area contributed by atoms with E-state index in [-0.39, 0.29) is 6.10 Å². The van der Waals surface area contributed by atoms with E-state index < -0.39 is 5.79 Å². The number of carbonyl (C=O) groups excluding carboxylic acids is 1. The number of ether oxygens (including phenoxy) is 3. The number of aldehydes is 1. The maximum atomic E-state index is 10.0. The second-order valence-corrected chi connectivity index (χ2v) is 3.83. The lowest BCUT2D eigenvalue weighted by atomic mass is 10.3. The van der Waals surface area contributed by atoms with Crippen LogP contribution in [0, 0.1) is 0 Å². The zero-order chi connectivity index (χ0) is 10.4. The Morgan fingerprint density at radius 3 is 2.93 bits per heavy atom. The van der Waals surface area contributed by atoms with Gasteiger partial charge >= 0.3 is 0 Å². The topological polar surface area (TPSA) is 44.8 Å². The monoisotopic (exact) mass is 202 g/mol. The molecule has 1 aliphatic rings. The molecule has 0 N–H and O–H groups in total. The third kappa shape index (κ3) is 4.17. The molecule has 0 bridgehead atoms. The molecule has 0 aliphatic carbocycles. The molecule has 4 nitrogen and oxygen atoms in total. The Balaban J connectivity index is 2.00. The van der Waals surface area contributed by atoms with Crippen LogP contribution in [0.4, 0.5) is 0 Å². The molecule has 1 atom stereocenters. The van der Waals surface area contributed by atoms with Crippen molar-refractivity contribution in [1.82, 2.24) is 0 Å². The van der Waals surface area contributed by atoms with Gasteiger partial charge in [-0.05, 0) is 20.3 Å². The summed E-state index contributed by atoms with van der Waals surface area (Å²) in [5.74, 6) is -0.475. The van der Waals surface area contributed by atoms with Crippen molar-refractivity contribution in [2.75, 3.05) is 19.8 Å². The minimum absolute atomic E-state index is 0.0289. The summed E-state index contributed by atoms with van der Waals surface area (Å²) >= 11 is 0. The third-order valence-corrected chi connectivity index (χ3v) is 1.98. The number of rotatable bonds is 6. The third-order valence-electron chi connectivity index (χ3n) is 1.98. The smallest absolute Gasteiger partial charge is 0.163 e. The van der Waals surface area contributed by atoms with Crippen LogP contribution in [0.5, 0.6) is 0 Å². The summed E-state index contributed by atoms with van der Waals surface area (Å²) in [6.07, 6.45) is 2.27. The van der Waals surface area contributed by atoms with Crippen LogP contribution in [-0.4, -0.2) is 38.0 Å². The quantitative estimate of drug-likeness (QED) is 0.478. The van der Waals surface area contributed by atoms with E-state index in [0.29, 0.717) is 26.2 Å². The summed E-state index contributed by atoms with van der Waals surface area (Å²) in [4.78, 5) is 10.0. The van der Waals surface area contributed by atoms with E-state index in [1.807, 2.05) is 13.8 Å². The molecule has 82 valence electrons. The molecule has 4 heteroatoms. The fourth-order valence-electron chi connectivity index (χ4n) is 1.33. The number of unbranched alkanes of at least 4 members (excludes halogenated alkanes) is 1. The van der Waals surface area contributed by atoms with Crippen LogP contribution in [0.15, 0.2) is 0 Å². The van der Waals surface area contributed by atoms with Gasteiger partial charge in [0.15, 0.2) is 5.79 Å². The fraction of sp³-hybridized carbons (Fsp3) is 0.900. The highest BCUT2D eigenvalue weighted by Gasteiger charge is 2.32. The van der Waals surface area contributed by atoms with Crippen LogP contribution >= 0.6 is 0 Å². The van der Waals surface area contributed by atoms with E-state index in [1.54, 1.807) is 0 Å². The molecule has 1 heterocycles. The molecular weight excluding hydrogens is 184 g/mol. The second-order valence-electron chi connectivity index (χ2n) is 3.83. The molecule has 0 aromatic heterocycles. The molecule has 0 radical (unpaired) electrons. The Hall–Kier alpha value is -0.450. The van der Waals surface area contributed by atoms with E-state index in [4.69, 9.17) is 14.2 Å². The molecule has 0 saturated carbocycles. The highest BCUT2D eigenvalue weighted by Crippen LogP contribution is 2.22. The summed E-state index contributed by atoms with van der Waals surface area (Å²) in [6.45, 7) is 5.51. The minimum atomic E-state index is -0.475. The highest BCUT2D eigenvalue weighted by atomic mass is 16.7. The molecule has 1 aliphatic heterocycles. The van der Waals surface area contributed by atoms with Gasteiger partial charge in [0.25, 0.3) is 0 Å². The first-order valence-electron chi connectivity index (χ1n) is 4.97. The predicted molar refractivity (Wildman–Crippen MR) is 51.0 cm³/mol. The number of carbonyl (C=O) groups is 1. The van der Waals surface area contributed by atoms with Crippen molar-refractivity contribution in [3.05, 3.63) is 0 Å². The van der Waals surface area contributed by atoms with Crippen LogP contribution in [0.25, 0.3) is 0 Å². The molecule has 1 fully saturated rings. The standard InChI is InChI=1S/C10H18O4/c1-10(2)13-8-9(14-10)7-12-6-4-3-5-11/h5,9H,3-4,6-8H2,1-2H3/t9-/m0/s1. The summed E-state index contributed by atoms with van der Waals surface area (Å²) in [7, 11) is 0. The van der Waals surface area contributed by atoms with Crippen molar-refractivity contribution in [1.29, 1.82) is 0 Å². The zero-order valence-electron chi connectivity index (χ0n) is 8.82. The van der Waals surface area contributed by atoms with E-state index in [2.05, 4.69) is 0 Å². The Kier molecular flexibility index (Phi) is 4.51. The first-order chi connectivity index (χ1) is 6.64. The maximum absolute atomic E-state index is 10.0. The van der Waals surface area contributed by atoms with E-state index in [9.17, 15) is 4.79 Å². The molecular formula is C10H18O4. The van der Waals surface area contributed by atoms with Crippen molar-refractivity contribution in [3.63, 3.8) is 0 Å². The Labute approximate surface area is 84.5 Å². The minimum Gasteiger partial charge on any atom is -0.379 e. The van der Waals surface area contributed by atoms with E-state index in [1.165, 1.54) is 0 Å². The first-order valence-corrected chi connectivity index (χ1v) is 4.97. The summed E-state index contributed by atoms with van der Waals surface area (Å²) in [5, 5.41) is 0. The Morgan fingerprint density at radius 1 is 1.57 bits per heavy atom. The van der Waals surface area contributed by atoms with Crippen molar-refractivity contribution >= 4 is 6.29 Å². The van der Waals surface area contributed by atoms with Crippen LogP contribution in [-0.2, 0) is 19.0 Å². The van der Waals surface area contributed by atoms with Crippen molar-refractivity contribution in [2.24, 2.45) is 0 Å². The van der Waals surface area contributed by atoms with Gasteiger partial charge < -0.3 is 19.0 Å². The average Bonchev–Trinajstić information content (AvgIpc) is 2.45. The molecule has 0 aromatic carbocycles. The second kappa shape index (κ2) is 5.44. The lowest BCUT2D eigenvalue weighted by molar-refractivity contribution is -0.145. The van der Waals surface area contributed by atoms with Crippen LogP contribution in [0.3, 0.4) is 0 Å². The molecule has 1 saturated heterocycles. The van der Waals surface area contributed by atoms with Gasteiger partial charge in [0.1, 0.15) is 12.4 Å². The molecule has 1 rings (SSSR count). The van der Waals surface area contributed by atoms with Crippen molar-refractivity contribution in [2.45, 2.75) is 38.6 Å². The molecule has 0 unspecified atom stereocenters. The molecule has 14 heavy (non-hydrogen) atoms. The summed E-state index contributed by atoms with van der Waals surface area (Å²) < 4.78 is 16.3. The number of hydrogen-bond acceptors (Lipinski definition) is 4. The van der Waals surface area contributed by atoms with Gasteiger partial charge in [-0.15, -0.1) is 0 Å². The first kappa shape index (κ1) is 11.6. The lowest BCUT2D eigenvalue weighted by Crippen LogP contribution is -2.24. The molecule has 0 aromatic rings. The zero-order valence-corrected chi connectivity index (χ0v) is 8.82. The van der Waals surface area contributed by atoms with Gasteiger partial charge in [-0.3, -0.25) is 0 Å². The van der Waals surface area contributed by atoms with Gasteiger partial charge in [-0.2, -0.15) is 0 Å². The fourth-order valence-corrected chi connectivity index (χ4v) is 1.33. The van der Waals surface area contributed by atoms with Gasteiger partial charge in [0, 0.05) is 13.0 Å².